The van der Waals surface area contributed by atoms with Crippen LogP contribution in [0.3, 0.4) is 0 Å². The van der Waals surface area contributed by atoms with Crippen molar-refractivity contribution in [2.24, 2.45) is 11.8 Å². The van der Waals surface area contributed by atoms with Crippen molar-refractivity contribution in [1.29, 1.82) is 0 Å². The Kier molecular flexibility index (Phi) is 4.79. The normalized spacial score (nSPS) is 35.6. The van der Waals surface area contributed by atoms with Crippen LogP contribution < -0.4 is 0 Å². The molecular formula is C15H28N2O. The fourth-order valence-electron chi connectivity index (χ4n) is 3.45. The Bertz CT molecular complexity index is 292. The van der Waals surface area contributed by atoms with E-state index in [1.54, 1.807) is 0 Å². The third-order valence-electron chi connectivity index (χ3n) is 4.81. The lowest BCUT2D eigenvalue weighted by Crippen LogP contribution is -2.51. The van der Waals surface area contributed by atoms with Gasteiger partial charge in [-0.2, -0.15) is 0 Å². The molecule has 2 fully saturated rings. The van der Waals surface area contributed by atoms with E-state index in [9.17, 15) is 4.79 Å². The Balaban J connectivity index is 1.85. The number of Topliss-reactive ketones (excluding diaryl/α,β-unsaturated/α-hetero) is 1. The van der Waals surface area contributed by atoms with E-state index in [-0.39, 0.29) is 0 Å². The highest BCUT2D eigenvalue weighted by Gasteiger charge is 2.29. The minimum atomic E-state index is 0.356. The van der Waals surface area contributed by atoms with Gasteiger partial charge in [-0.25, -0.2) is 0 Å². The smallest absolute Gasteiger partial charge is 0.137 e. The van der Waals surface area contributed by atoms with Crippen LogP contribution in [0.25, 0.3) is 0 Å². The molecule has 3 heteroatoms. The SMILES string of the molecule is CC1CCCC(C(=O)CC2CN(C)CCN2C)C1. The molecule has 1 aliphatic heterocycles. The quantitative estimate of drug-likeness (QED) is 0.768. The molecule has 104 valence electrons. The monoisotopic (exact) mass is 252 g/mol. The van der Waals surface area contributed by atoms with Crippen molar-refractivity contribution in [2.45, 2.75) is 45.1 Å². The van der Waals surface area contributed by atoms with Crippen molar-refractivity contribution >= 4 is 5.78 Å². The maximum absolute atomic E-state index is 12.4. The van der Waals surface area contributed by atoms with E-state index in [2.05, 4.69) is 30.8 Å². The Hall–Kier alpha value is -0.410. The van der Waals surface area contributed by atoms with Crippen LogP contribution in [0, 0.1) is 11.8 Å². The van der Waals surface area contributed by atoms with Gasteiger partial charge in [0.15, 0.2) is 0 Å². The molecule has 1 saturated heterocycles. The van der Waals surface area contributed by atoms with Crippen molar-refractivity contribution in [2.75, 3.05) is 33.7 Å². The molecule has 1 heterocycles. The van der Waals surface area contributed by atoms with Crippen LogP contribution in [0.4, 0.5) is 0 Å². The van der Waals surface area contributed by atoms with Crippen LogP contribution in [0.2, 0.25) is 0 Å². The van der Waals surface area contributed by atoms with Crippen molar-refractivity contribution in [3.05, 3.63) is 0 Å². The lowest BCUT2D eigenvalue weighted by atomic mass is 9.79. The van der Waals surface area contributed by atoms with E-state index >= 15 is 0 Å². The number of likely N-dealkylation sites (N-methyl/N-ethyl adjacent to an activating group) is 2. The maximum atomic E-state index is 12.4. The molecule has 2 aliphatic rings. The molecule has 0 radical (unpaired) electrons. The second kappa shape index (κ2) is 6.16. The first-order valence-electron chi connectivity index (χ1n) is 7.47. The summed E-state index contributed by atoms with van der Waals surface area (Å²) < 4.78 is 0. The summed E-state index contributed by atoms with van der Waals surface area (Å²) in [5, 5.41) is 0. The van der Waals surface area contributed by atoms with Gasteiger partial charge in [-0.3, -0.25) is 4.79 Å². The van der Waals surface area contributed by atoms with Crippen LogP contribution in [0.5, 0.6) is 0 Å². The second-order valence-electron chi connectivity index (χ2n) is 6.54. The molecule has 18 heavy (non-hydrogen) atoms. The molecule has 3 nitrogen and oxygen atoms in total. The molecule has 0 aromatic heterocycles. The highest BCUT2D eigenvalue weighted by molar-refractivity contribution is 5.81. The van der Waals surface area contributed by atoms with Gasteiger partial charge in [-0.15, -0.1) is 0 Å². The largest absolute Gasteiger partial charge is 0.304 e. The van der Waals surface area contributed by atoms with Crippen molar-refractivity contribution < 1.29 is 4.79 Å². The lowest BCUT2D eigenvalue weighted by Gasteiger charge is -2.38. The molecule has 1 aliphatic carbocycles. The number of carbonyl (C=O) groups is 1. The van der Waals surface area contributed by atoms with E-state index in [1.807, 2.05) is 0 Å². The van der Waals surface area contributed by atoms with Gasteiger partial charge in [0, 0.05) is 38.0 Å². The van der Waals surface area contributed by atoms with E-state index in [1.165, 1.54) is 12.8 Å². The molecule has 3 atom stereocenters. The first kappa shape index (κ1) is 14.0. The van der Waals surface area contributed by atoms with Crippen molar-refractivity contribution in [3.63, 3.8) is 0 Å². The molecule has 0 spiro atoms. The van der Waals surface area contributed by atoms with Gasteiger partial charge in [0.05, 0.1) is 0 Å². The van der Waals surface area contributed by atoms with Crippen molar-refractivity contribution in [1.82, 2.24) is 9.80 Å². The zero-order valence-electron chi connectivity index (χ0n) is 12.2. The third kappa shape index (κ3) is 3.55. The van der Waals surface area contributed by atoms with Gasteiger partial charge in [0.25, 0.3) is 0 Å². The zero-order chi connectivity index (χ0) is 13.1. The van der Waals surface area contributed by atoms with Crippen LogP contribution in [-0.4, -0.2) is 55.4 Å². The number of rotatable bonds is 3. The first-order chi connectivity index (χ1) is 8.56. The minimum Gasteiger partial charge on any atom is -0.304 e. The van der Waals surface area contributed by atoms with Crippen molar-refractivity contribution in [3.8, 4) is 0 Å². The zero-order valence-corrected chi connectivity index (χ0v) is 12.2. The Labute approximate surface area is 112 Å². The van der Waals surface area contributed by atoms with Gasteiger partial charge in [0.2, 0.25) is 0 Å². The first-order valence-corrected chi connectivity index (χ1v) is 7.47. The maximum Gasteiger partial charge on any atom is 0.137 e. The van der Waals surface area contributed by atoms with E-state index in [0.717, 1.165) is 44.8 Å². The number of piperazine rings is 1. The molecule has 0 aromatic carbocycles. The average Bonchev–Trinajstić information content (AvgIpc) is 2.34. The van der Waals surface area contributed by atoms with Gasteiger partial charge in [0.1, 0.15) is 5.78 Å². The van der Waals surface area contributed by atoms with Gasteiger partial charge >= 0.3 is 0 Å². The molecule has 0 aromatic rings. The van der Waals surface area contributed by atoms with Crippen LogP contribution >= 0.6 is 0 Å². The lowest BCUT2D eigenvalue weighted by molar-refractivity contribution is -0.125. The molecule has 0 amide bonds. The predicted molar refractivity (Wildman–Crippen MR) is 74.7 cm³/mol. The molecule has 2 rings (SSSR count). The van der Waals surface area contributed by atoms with Gasteiger partial charge in [-0.1, -0.05) is 19.8 Å². The summed E-state index contributed by atoms with van der Waals surface area (Å²) in [6, 6.07) is 0.438. The predicted octanol–water partition coefficient (Wildman–Crippen LogP) is 2.02. The molecule has 1 saturated carbocycles. The van der Waals surface area contributed by atoms with Crippen LogP contribution in [-0.2, 0) is 4.79 Å². The summed E-state index contributed by atoms with van der Waals surface area (Å²) in [6.45, 7) is 5.56. The summed E-state index contributed by atoms with van der Waals surface area (Å²) in [4.78, 5) is 17.1. The minimum absolute atomic E-state index is 0.356. The number of hydrogen-bond acceptors (Lipinski definition) is 3. The summed E-state index contributed by atoms with van der Waals surface area (Å²) in [7, 11) is 4.32. The Morgan fingerprint density at radius 1 is 1.22 bits per heavy atom. The van der Waals surface area contributed by atoms with Gasteiger partial charge in [-0.05, 0) is 32.9 Å². The summed E-state index contributed by atoms with van der Waals surface area (Å²) >= 11 is 0. The highest BCUT2D eigenvalue weighted by Crippen LogP contribution is 2.30. The molecule has 0 N–H and O–H groups in total. The number of ketones is 1. The number of hydrogen-bond donors (Lipinski definition) is 0. The van der Waals surface area contributed by atoms with Crippen LogP contribution in [0.15, 0.2) is 0 Å². The van der Waals surface area contributed by atoms with Crippen LogP contribution in [0.1, 0.15) is 39.0 Å². The number of carbonyl (C=O) groups excluding carboxylic acids is 1. The summed E-state index contributed by atoms with van der Waals surface area (Å²) in [5.74, 6) is 1.63. The summed E-state index contributed by atoms with van der Waals surface area (Å²) in [5.41, 5.74) is 0. The standard InChI is InChI=1S/C15H28N2O/c1-12-5-4-6-13(9-12)15(18)10-14-11-16(2)7-8-17(14)3/h12-14H,4-11H2,1-3H3. The van der Waals surface area contributed by atoms with Gasteiger partial charge < -0.3 is 9.80 Å². The number of nitrogens with zero attached hydrogens (tertiary/aromatic N) is 2. The fourth-order valence-corrected chi connectivity index (χ4v) is 3.45. The van der Waals surface area contributed by atoms with E-state index in [0.29, 0.717) is 17.7 Å². The summed E-state index contributed by atoms with van der Waals surface area (Å²) in [6.07, 6.45) is 5.59. The molecule has 0 bridgehead atoms. The topological polar surface area (TPSA) is 23.6 Å². The Morgan fingerprint density at radius 2 is 2.00 bits per heavy atom. The molecule has 3 unspecified atom stereocenters. The highest BCUT2D eigenvalue weighted by atomic mass is 16.1. The van der Waals surface area contributed by atoms with E-state index in [4.69, 9.17) is 0 Å². The van der Waals surface area contributed by atoms with E-state index < -0.39 is 0 Å². The third-order valence-corrected chi connectivity index (χ3v) is 4.81. The second-order valence-corrected chi connectivity index (χ2v) is 6.54. The average molecular weight is 252 g/mol. The fraction of sp³-hybridized carbons (Fsp3) is 0.933. The molecular weight excluding hydrogens is 224 g/mol. The Morgan fingerprint density at radius 3 is 2.72 bits per heavy atom.